The Morgan fingerprint density at radius 3 is 2.57 bits per heavy atom. The molecule has 0 aliphatic heterocycles. The second kappa shape index (κ2) is 7.26. The lowest BCUT2D eigenvalue weighted by atomic mass is 10.2. The van der Waals surface area contributed by atoms with Crippen molar-refractivity contribution in [1.29, 1.82) is 0 Å². The van der Waals surface area contributed by atoms with Crippen LogP contribution in [-0.2, 0) is 6.54 Å². The molecule has 0 radical (unpaired) electrons. The summed E-state index contributed by atoms with van der Waals surface area (Å²) < 4.78 is 1.82. The van der Waals surface area contributed by atoms with Crippen LogP contribution < -0.4 is 10.6 Å². The van der Waals surface area contributed by atoms with Gasteiger partial charge in [-0.15, -0.1) is 0 Å². The van der Waals surface area contributed by atoms with Crippen LogP contribution in [0, 0.1) is 0 Å². The van der Waals surface area contributed by atoms with Crippen molar-refractivity contribution in [2.75, 3.05) is 5.32 Å². The van der Waals surface area contributed by atoms with Gasteiger partial charge in [0.05, 0.1) is 16.4 Å². The van der Waals surface area contributed by atoms with Crippen LogP contribution in [0.5, 0.6) is 0 Å². The van der Waals surface area contributed by atoms with Crippen LogP contribution >= 0.6 is 23.8 Å². The maximum atomic E-state index is 6.09. The van der Waals surface area contributed by atoms with E-state index in [4.69, 9.17) is 23.8 Å². The molecule has 23 heavy (non-hydrogen) atoms. The number of hydrogen-bond acceptors (Lipinski definition) is 2. The van der Waals surface area contributed by atoms with Gasteiger partial charge < -0.3 is 10.6 Å². The van der Waals surface area contributed by atoms with Gasteiger partial charge in [0.15, 0.2) is 5.11 Å². The van der Waals surface area contributed by atoms with Crippen LogP contribution in [0.15, 0.2) is 67.0 Å². The van der Waals surface area contributed by atoms with Crippen LogP contribution in [-0.4, -0.2) is 14.9 Å². The van der Waals surface area contributed by atoms with Crippen molar-refractivity contribution >= 4 is 34.6 Å². The molecule has 2 aromatic carbocycles. The SMILES string of the molecule is S=C(NCc1ccc(-n2cccn2)cc1)Nc1ccccc1Cl. The first-order chi connectivity index (χ1) is 11.2. The van der Waals surface area contributed by atoms with Gasteiger partial charge in [-0.25, -0.2) is 4.68 Å². The van der Waals surface area contributed by atoms with Crippen molar-refractivity contribution in [2.24, 2.45) is 0 Å². The van der Waals surface area contributed by atoms with Crippen LogP contribution in [0.2, 0.25) is 5.02 Å². The summed E-state index contributed by atoms with van der Waals surface area (Å²) in [6.45, 7) is 0.635. The first-order valence-corrected chi connectivity index (χ1v) is 7.89. The molecule has 0 spiro atoms. The van der Waals surface area contributed by atoms with Crippen LogP contribution in [0.1, 0.15) is 5.56 Å². The van der Waals surface area contributed by atoms with Crippen molar-refractivity contribution < 1.29 is 0 Å². The number of rotatable bonds is 4. The molecule has 3 rings (SSSR count). The van der Waals surface area contributed by atoms with Gasteiger partial charge in [-0.1, -0.05) is 35.9 Å². The second-order valence-corrected chi connectivity index (χ2v) is 5.72. The summed E-state index contributed by atoms with van der Waals surface area (Å²) in [5, 5.41) is 11.6. The van der Waals surface area contributed by atoms with E-state index in [0.717, 1.165) is 16.9 Å². The van der Waals surface area contributed by atoms with Gasteiger partial charge in [0.1, 0.15) is 0 Å². The van der Waals surface area contributed by atoms with Crippen LogP contribution in [0.25, 0.3) is 5.69 Å². The first-order valence-electron chi connectivity index (χ1n) is 7.11. The summed E-state index contributed by atoms with van der Waals surface area (Å²) >= 11 is 11.4. The van der Waals surface area contributed by atoms with E-state index in [1.54, 1.807) is 6.20 Å². The van der Waals surface area contributed by atoms with Crippen molar-refractivity contribution in [2.45, 2.75) is 6.54 Å². The zero-order valence-electron chi connectivity index (χ0n) is 12.2. The summed E-state index contributed by atoms with van der Waals surface area (Å²) in [6.07, 6.45) is 3.67. The Labute approximate surface area is 145 Å². The fraction of sp³-hybridized carbons (Fsp3) is 0.0588. The van der Waals surface area contributed by atoms with Gasteiger partial charge in [-0.3, -0.25) is 0 Å². The van der Waals surface area contributed by atoms with Gasteiger partial charge in [0.2, 0.25) is 0 Å². The summed E-state index contributed by atoms with van der Waals surface area (Å²) in [5.41, 5.74) is 2.94. The number of para-hydroxylation sites is 1. The molecule has 1 heterocycles. The monoisotopic (exact) mass is 342 g/mol. The molecule has 0 fully saturated rings. The van der Waals surface area contributed by atoms with Gasteiger partial charge >= 0.3 is 0 Å². The van der Waals surface area contributed by atoms with E-state index >= 15 is 0 Å². The Morgan fingerprint density at radius 2 is 1.87 bits per heavy atom. The van der Waals surface area contributed by atoms with Crippen molar-refractivity contribution in [3.63, 3.8) is 0 Å². The Hall–Kier alpha value is -2.37. The lowest BCUT2D eigenvalue weighted by molar-refractivity contribution is 0.874. The molecule has 0 atom stereocenters. The molecule has 116 valence electrons. The molecule has 0 aliphatic rings. The normalized spacial score (nSPS) is 10.3. The third-order valence-electron chi connectivity index (χ3n) is 3.28. The van der Waals surface area contributed by atoms with Crippen LogP contribution in [0.4, 0.5) is 5.69 Å². The minimum absolute atomic E-state index is 0.536. The zero-order chi connectivity index (χ0) is 16.1. The van der Waals surface area contributed by atoms with Crippen LogP contribution in [0.3, 0.4) is 0 Å². The zero-order valence-corrected chi connectivity index (χ0v) is 13.8. The van der Waals surface area contributed by atoms with Crippen molar-refractivity contribution in [1.82, 2.24) is 15.1 Å². The Bertz CT molecular complexity index is 785. The predicted molar refractivity (Wildman–Crippen MR) is 98.1 cm³/mol. The molecule has 0 aliphatic carbocycles. The van der Waals surface area contributed by atoms with E-state index < -0.39 is 0 Å². The summed E-state index contributed by atoms with van der Waals surface area (Å²) in [6, 6.07) is 17.5. The lowest BCUT2D eigenvalue weighted by Gasteiger charge is -2.12. The molecule has 0 saturated carbocycles. The standard InChI is InChI=1S/C17H15ClN4S/c18-15-4-1-2-5-16(15)21-17(23)19-12-13-6-8-14(9-7-13)22-11-3-10-20-22/h1-11H,12H2,(H2,19,21,23). The third kappa shape index (κ3) is 4.09. The highest BCUT2D eigenvalue weighted by Gasteiger charge is 2.02. The highest BCUT2D eigenvalue weighted by molar-refractivity contribution is 7.80. The quantitative estimate of drug-likeness (QED) is 0.703. The van der Waals surface area contributed by atoms with Gasteiger partial charge in [0, 0.05) is 18.9 Å². The second-order valence-electron chi connectivity index (χ2n) is 4.90. The molecule has 0 saturated heterocycles. The van der Waals surface area contributed by atoms with E-state index in [1.807, 2.05) is 65.5 Å². The van der Waals surface area contributed by atoms with E-state index in [1.165, 1.54) is 0 Å². The maximum absolute atomic E-state index is 6.09. The minimum atomic E-state index is 0.536. The van der Waals surface area contributed by atoms with E-state index in [2.05, 4.69) is 15.7 Å². The Morgan fingerprint density at radius 1 is 1.09 bits per heavy atom. The number of aromatic nitrogens is 2. The molecule has 4 nitrogen and oxygen atoms in total. The summed E-state index contributed by atoms with van der Waals surface area (Å²) in [7, 11) is 0. The smallest absolute Gasteiger partial charge is 0.171 e. The Balaban J connectivity index is 1.56. The largest absolute Gasteiger partial charge is 0.358 e. The molecule has 2 N–H and O–H groups in total. The molecule has 0 unspecified atom stereocenters. The van der Waals surface area contributed by atoms with E-state index in [-0.39, 0.29) is 0 Å². The fourth-order valence-corrected chi connectivity index (χ4v) is 2.46. The minimum Gasteiger partial charge on any atom is -0.358 e. The predicted octanol–water partition coefficient (Wildman–Crippen LogP) is 4.01. The third-order valence-corrected chi connectivity index (χ3v) is 3.86. The molecule has 6 heteroatoms. The molecular weight excluding hydrogens is 328 g/mol. The molecule has 1 aromatic heterocycles. The number of hydrogen-bond donors (Lipinski definition) is 2. The molecule has 3 aromatic rings. The topological polar surface area (TPSA) is 41.9 Å². The van der Waals surface area contributed by atoms with E-state index in [0.29, 0.717) is 16.7 Å². The number of thiocarbonyl (C=S) groups is 1. The first kappa shape index (κ1) is 15.5. The molecule has 0 amide bonds. The number of halogens is 1. The maximum Gasteiger partial charge on any atom is 0.171 e. The van der Waals surface area contributed by atoms with Gasteiger partial charge in [0.25, 0.3) is 0 Å². The fourth-order valence-electron chi connectivity index (χ4n) is 2.10. The highest BCUT2D eigenvalue weighted by Crippen LogP contribution is 2.20. The molecule has 0 bridgehead atoms. The van der Waals surface area contributed by atoms with Gasteiger partial charge in [-0.05, 0) is 48.1 Å². The number of benzene rings is 2. The molecular formula is C17H15ClN4S. The number of nitrogens with one attached hydrogen (secondary N) is 2. The van der Waals surface area contributed by atoms with Gasteiger partial charge in [-0.2, -0.15) is 5.10 Å². The Kier molecular flexibility index (Phi) is 4.90. The van der Waals surface area contributed by atoms with Crippen molar-refractivity contribution in [3.05, 3.63) is 77.6 Å². The average Bonchev–Trinajstić information content (AvgIpc) is 3.10. The number of nitrogens with zero attached hydrogens (tertiary/aromatic N) is 2. The lowest BCUT2D eigenvalue weighted by Crippen LogP contribution is -2.27. The summed E-state index contributed by atoms with van der Waals surface area (Å²) in [4.78, 5) is 0. The van der Waals surface area contributed by atoms with Crippen molar-refractivity contribution in [3.8, 4) is 5.69 Å². The van der Waals surface area contributed by atoms with E-state index in [9.17, 15) is 0 Å². The summed E-state index contributed by atoms with van der Waals surface area (Å²) in [5.74, 6) is 0. The average molecular weight is 343 g/mol. The number of anilines is 1. The highest BCUT2D eigenvalue weighted by atomic mass is 35.5.